The lowest BCUT2D eigenvalue weighted by atomic mass is 9.47. The fourth-order valence-electron chi connectivity index (χ4n) is 4.00. The van der Waals surface area contributed by atoms with Gasteiger partial charge in [-0.05, 0) is 37.0 Å². The predicted molar refractivity (Wildman–Crippen MR) is 73.2 cm³/mol. The molecule has 2 rings (SSSR count). The van der Waals surface area contributed by atoms with E-state index < -0.39 is 11.0 Å². The van der Waals surface area contributed by atoms with Gasteiger partial charge in [-0.2, -0.15) is 0 Å². The van der Waals surface area contributed by atoms with E-state index in [1.54, 1.807) is 0 Å². The number of allylic oxidation sites excluding steroid dienone is 2. The first-order chi connectivity index (χ1) is 8.05. The van der Waals surface area contributed by atoms with Crippen molar-refractivity contribution in [1.82, 2.24) is 0 Å². The zero-order valence-corrected chi connectivity index (χ0v) is 12.5. The van der Waals surface area contributed by atoms with Crippen LogP contribution in [0.3, 0.4) is 0 Å². The van der Waals surface area contributed by atoms with E-state index in [0.717, 1.165) is 6.42 Å². The fraction of sp³-hybridized carbons (Fsp3) is 0.812. The minimum atomic E-state index is -1.20. The predicted octanol–water partition coefficient (Wildman–Crippen LogP) is 3.35. The van der Waals surface area contributed by atoms with Gasteiger partial charge in [0, 0.05) is 5.41 Å². The first-order valence-corrected chi connectivity index (χ1v) is 6.99. The normalized spacial score (nSPS) is 41.2. The van der Waals surface area contributed by atoms with Crippen LogP contribution in [0.15, 0.2) is 11.6 Å². The van der Waals surface area contributed by atoms with Crippen LogP contribution in [0.5, 0.6) is 0 Å². The largest absolute Gasteiger partial charge is 0.381 e. The Morgan fingerprint density at radius 3 is 2.39 bits per heavy atom. The van der Waals surface area contributed by atoms with Crippen LogP contribution in [-0.4, -0.2) is 16.5 Å². The Kier molecular flexibility index (Phi) is 2.83. The number of Topliss-reactive ketones (excluding diaryl/α,β-unsaturated/α-hetero) is 1. The third-order valence-corrected chi connectivity index (χ3v) is 6.21. The molecule has 102 valence electrons. The molecule has 0 saturated heterocycles. The van der Waals surface area contributed by atoms with E-state index in [1.807, 2.05) is 13.8 Å². The van der Waals surface area contributed by atoms with Gasteiger partial charge in [0.2, 0.25) is 0 Å². The summed E-state index contributed by atoms with van der Waals surface area (Å²) in [5, 5.41) is 11.0. The number of hydrogen-bond donors (Lipinski definition) is 1. The van der Waals surface area contributed by atoms with Crippen LogP contribution >= 0.6 is 0 Å². The second-order valence-electron chi connectivity index (χ2n) is 7.35. The highest BCUT2D eigenvalue weighted by Gasteiger charge is 2.62. The molecule has 0 spiro atoms. The van der Waals surface area contributed by atoms with Crippen molar-refractivity contribution in [1.29, 1.82) is 0 Å². The molecule has 0 aromatic heterocycles. The van der Waals surface area contributed by atoms with E-state index in [9.17, 15) is 9.90 Å². The van der Waals surface area contributed by atoms with Crippen molar-refractivity contribution in [3.05, 3.63) is 11.6 Å². The topological polar surface area (TPSA) is 37.3 Å². The van der Waals surface area contributed by atoms with Gasteiger partial charge in [0.1, 0.15) is 5.60 Å². The minimum Gasteiger partial charge on any atom is -0.381 e. The molecule has 18 heavy (non-hydrogen) atoms. The Morgan fingerprint density at radius 1 is 1.33 bits per heavy atom. The van der Waals surface area contributed by atoms with Crippen molar-refractivity contribution in [2.75, 3.05) is 0 Å². The molecule has 2 nitrogen and oxygen atoms in total. The van der Waals surface area contributed by atoms with Crippen molar-refractivity contribution < 1.29 is 9.90 Å². The van der Waals surface area contributed by atoms with Crippen molar-refractivity contribution >= 4 is 5.78 Å². The molecule has 2 heteroatoms. The zero-order valence-electron chi connectivity index (χ0n) is 12.5. The number of carbonyl (C=O) groups excluding carboxylic acids is 1. The molecule has 0 radical (unpaired) electrons. The first kappa shape index (κ1) is 13.8. The van der Waals surface area contributed by atoms with Gasteiger partial charge in [-0.25, -0.2) is 0 Å². The summed E-state index contributed by atoms with van der Waals surface area (Å²) in [5.74, 6) is 0.821. The summed E-state index contributed by atoms with van der Waals surface area (Å²) in [5.41, 5.74) is -0.317. The number of fused-ring (bicyclic) bond motifs is 1. The van der Waals surface area contributed by atoms with Crippen LogP contribution in [0.4, 0.5) is 0 Å². The average Bonchev–Trinajstić information content (AvgIpc) is 2.58. The lowest BCUT2D eigenvalue weighted by Gasteiger charge is -2.58. The Morgan fingerprint density at radius 2 is 1.89 bits per heavy atom. The standard InChI is InChI=1S/C16H26O2/c1-10-7-8-13-12(10)9-16(18,11(2)17)15(5,6)14(13,3)4/h8,10,12,18H,7,9H2,1-6H3. The summed E-state index contributed by atoms with van der Waals surface area (Å²) in [6, 6.07) is 0. The summed E-state index contributed by atoms with van der Waals surface area (Å²) in [6.45, 7) is 12.2. The van der Waals surface area contributed by atoms with E-state index >= 15 is 0 Å². The number of ketones is 1. The van der Waals surface area contributed by atoms with Gasteiger partial charge >= 0.3 is 0 Å². The van der Waals surface area contributed by atoms with Crippen molar-refractivity contribution in [3.8, 4) is 0 Å². The summed E-state index contributed by atoms with van der Waals surface area (Å²) >= 11 is 0. The van der Waals surface area contributed by atoms with Crippen LogP contribution < -0.4 is 0 Å². The summed E-state index contributed by atoms with van der Waals surface area (Å²) in [6.07, 6.45) is 4.01. The van der Waals surface area contributed by atoms with Crippen molar-refractivity contribution in [2.45, 2.75) is 60.0 Å². The smallest absolute Gasteiger partial charge is 0.161 e. The molecule has 0 amide bonds. The molecule has 0 aromatic rings. The quantitative estimate of drug-likeness (QED) is 0.725. The Labute approximate surface area is 110 Å². The third-order valence-electron chi connectivity index (χ3n) is 6.21. The van der Waals surface area contributed by atoms with Gasteiger partial charge in [0.25, 0.3) is 0 Å². The van der Waals surface area contributed by atoms with Gasteiger partial charge in [0.15, 0.2) is 5.78 Å². The average molecular weight is 250 g/mol. The second-order valence-corrected chi connectivity index (χ2v) is 7.35. The molecule has 0 aliphatic heterocycles. The maximum absolute atomic E-state index is 12.0. The minimum absolute atomic E-state index is 0.0845. The molecule has 1 fully saturated rings. The van der Waals surface area contributed by atoms with Gasteiger partial charge in [0.05, 0.1) is 0 Å². The fourth-order valence-corrected chi connectivity index (χ4v) is 4.00. The maximum Gasteiger partial charge on any atom is 0.161 e. The van der Waals surface area contributed by atoms with E-state index in [2.05, 4.69) is 26.8 Å². The molecular weight excluding hydrogens is 224 g/mol. The number of rotatable bonds is 1. The van der Waals surface area contributed by atoms with Crippen LogP contribution in [0.25, 0.3) is 0 Å². The molecule has 3 unspecified atom stereocenters. The highest BCUT2D eigenvalue weighted by atomic mass is 16.3. The molecule has 0 heterocycles. The third kappa shape index (κ3) is 1.41. The molecule has 3 atom stereocenters. The van der Waals surface area contributed by atoms with Crippen LogP contribution in [0.1, 0.15) is 54.4 Å². The highest BCUT2D eigenvalue weighted by Crippen LogP contribution is 2.62. The van der Waals surface area contributed by atoms with Gasteiger partial charge in [-0.1, -0.05) is 46.3 Å². The number of hydrogen-bond acceptors (Lipinski definition) is 2. The van der Waals surface area contributed by atoms with Gasteiger partial charge in [-0.15, -0.1) is 0 Å². The molecular formula is C16H26O2. The SMILES string of the molecule is CC(=O)C1(O)CC2C(=CCC2C)C(C)(C)C1(C)C. The van der Waals surface area contributed by atoms with E-state index in [-0.39, 0.29) is 11.2 Å². The number of carbonyl (C=O) groups is 1. The molecule has 2 aliphatic carbocycles. The summed E-state index contributed by atoms with van der Waals surface area (Å²) < 4.78 is 0. The van der Waals surface area contributed by atoms with Crippen molar-refractivity contribution in [2.24, 2.45) is 22.7 Å². The monoisotopic (exact) mass is 250 g/mol. The molecule has 1 saturated carbocycles. The molecule has 0 bridgehead atoms. The van der Waals surface area contributed by atoms with Crippen molar-refractivity contribution in [3.63, 3.8) is 0 Å². The Balaban J connectivity index is 2.57. The van der Waals surface area contributed by atoms with E-state index in [1.165, 1.54) is 12.5 Å². The Bertz CT molecular complexity index is 417. The van der Waals surface area contributed by atoms with Crippen LogP contribution in [0, 0.1) is 22.7 Å². The summed E-state index contributed by atoms with van der Waals surface area (Å²) in [4.78, 5) is 12.0. The van der Waals surface area contributed by atoms with Crippen LogP contribution in [-0.2, 0) is 4.79 Å². The summed E-state index contributed by atoms with van der Waals surface area (Å²) in [7, 11) is 0. The second kappa shape index (κ2) is 3.69. The van der Waals surface area contributed by atoms with Crippen LogP contribution in [0.2, 0.25) is 0 Å². The van der Waals surface area contributed by atoms with Gasteiger partial charge < -0.3 is 5.11 Å². The first-order valence-electron chi connectivity index (χ1n) is 6.99. The highest BCUT2D eigenvalue weighted by molar-refractivity contribution is 5.86. The van der Waals surface area contributed by atoms with E-state index in [4.69, 9.17) is 0 Å². The lowest BCUT2D eigenvalue weighted by molar-refractivity contribution is -0.173. The number of aliphatic hydroxyl groups is 1. The van der Waals surface area contributed by atoms with Gasteiger partial charge in [-0.3, -0.25) is 4.79 Å². The molecule has 0 aromatic carbocycles. The lowest BCUT2D eigenvalue weighted by Crippen LogP contribution is -2.62. The Hall–Kier alpha value is -0.630. The zero-order chi connectivity index (χ0) is 13.9. The molecule has 2 aliphatic rings. The maximum atomic E-state index is 12.0. The molecule has 1 N–H and O–H groups in total. The van der Waals surface area contributed by atoms with E-state index in [0.29, 0.717) is 18.3 Å².